The Labute approximate surface area is 151 Å². The van der Waals surface area contributed by atoms with Crippen LogP contribution >= 0.6 is 11.8 Å². The fourth-order valence-corrected chi connectivity index (χ4v) is 2.46. The van der Waals surface area contributed by atoms with Gasteiger partial charge in [-0.3, -0.25) is 9.59 Å². The van der Waals surface area contributed by atoms with Crippen LogP contribution in [0.5, 0.6) is 0 Å². The van der Waals surface area contributed by atoms with Crippen molar-refractivity contribution in [1.29, 1.82) is 0 Å². The van der Waals surface area contributed by atoms with Crippen molar-refractivity contribution in [2.45, 2.75) is 5.22 Å². The first-order valence-electron chi connectivity index (χ1n) is 7.42. The summed E-state index contributed by atoms with van der Waals surface area (Å²) >= 11 is 1.04. The summed E-state index contributed by atoms with van der Waals surface area (Å²) in [6.45, 7) is -0.210. The lowest BCUT2D eigenvalue weighted by Gasteiger charge is -2.06. The zero-order chi connectivity index (χ0) is 18.4. The summed E-state index contributed by atoms with van der Waals surface area (Å²) in [6.07, 6.45) is 1.48. The molecule has 0 aliphatic rings. The van der Waals surface area contributed by atoms with E-state index in [2.05, 4.69) is 20.8 Å². The zero-order valence-corrected chi connectivity index (χ0v) is 14.1. The highest BCUT2D eigenvalue weighted by molar-refractivity contribution is 7.99. The lowest BCUT2D eigenvalue weighted by molar-refractivity contribution is -0.122. The van der Waals surface area contributed by atoms with E-state index in [-0.39, 0.29) is 29.3 Å². The molecule has 3 rings (SSSR count). The van der Waals surface area contributed by atoms with Gasteiger partial charge in [-0.1, -0.05) is 11.8 Å². The molecular weight excluding hydrogens is 363 g/mol. The van der Waals surface area contributed by atoms with Crippen LogP contribution in [0, 0.1) is 5.82 Å². The number of halogens is 1. The molecule has 0 radical (unpaired) electrons. The van der Waals surface area contributed by atoms with Crippen molar-refractivity contribution in [3.63, 3.8) is 0 Å². The number of anilines is 1. The highest BCUT2D eigenvalue weighted by Gasteiger charge is 2.13. The summed E-state index contributed by atoms with van der Waals surface area (Å²) in [5, 5.41) is 12.8. The first kappa shape index (κ1) is 17.7. The van der Waals surface area contributed by atoms with Gasteiger partial charge in [-0.2, -0.15) is 0 Å². The van der Waals surface area contributed by atoms with Gasteiger partial charge in [-0.25, -0.2) is 4.39 Å². The number of aromatic nitrogens is 2. The number of benzene rings is 1. The van der Waals surface area contributed by atoms with E-state index in [1.165, 1.54) is 30.5 Å². The zero-order valence-electron chi connectivity index (χ0n) is 13.3. The number of furan rings is 1. The van der Waals surface area contributed by atoms with Gasteiger partial charge < -0.3 is 19.5 Å². The van der Waals surface area contributed by atoms with Crippen molar-refractivity contribution in [3.05, 3.63) is 48.5 Å². The molecule has 2 amide bonds. The molecule has 0 saturated carbocycles. The highest BCUT2D eigenvalue weighted by atomic mass is 32.2. The molecule has 0 bridgehead atoms. The van der Waals surface area contributed by atoms with E-state index in [4.69, 9.17) is 8.83 Å². The van der Waals surface area contributed by atoms with E-state index in [0.29, 0.717) is 11.4 Å². The molecule has 0 saturated heterocycles. The van der Waals surface area contributed by atoms with E-state index in [0.717, 1.165) is 11.8 Å². The average Bonchev–Trinajstić information content (AvgIpc) is 3.31. The van der Waals surface area contributed by atoms with Crippen molar-refractivity contribution >= 4 is 29.3 Å². The number of nitrogens with one attached hydrogen (secondary N) is 2. The van der Waals surface area contributed by atoms with Crippen LogP contribution in [0.15, 0.2) is 56.7 Å². The number of carbonyl (C=O) groups excluding carboxylic acids is 2. The third kappa shape index (κ3) is 4.93. The van der Waals surface area contributed by atoms with E-state index in [9.17, 15) is 14.0 Å². The number of amides is 2. The summed E-state index contributed by atoms with van der Waals surface area (Å²) in [5.74, 6) is -0.536. The molecule has 0 atom stereocenters. The quantitative estimate of drug-likeness (QED) is 0.609. The first-order valence-corrected chi connectivity index (χ1v) is 8.41. The number of carbonyl (C=O) groups is 2. The molecule has 0 spiro atoms. The van der Waals surface area contributed by atoms with E-state index >= 15 is 0 Å². The molecule has 8 nitrogen and oxygen atoms in total. The second kappa shape index (κ2) is 8.30. The van der Waals surface area contributed by atoms with Gasteiger partial charge in [-0.05, 0) is 36.4 Å². The maximum absolute atomic E-state index is 12.8. The molecule has 0 aliphatic carbocycles. The van der Waals surface area contributed by atoms with Gasteiger partial charge in [0.05, 0.1) is 18.6 Å². The molecule has 0 unspecified atom stereocenters. The molecular formula is C16H13FN4O4S. The fourth-order valence-electron chi connectivity index (χ4n) is 1.86. The first-order chi connectivity index (χ1) is 12.6. The monoisotopic (exact) mass is 376 g/mol. The molecule has 1 aromatic carbocycles. The number of nitrogens with zero attached hydrogens (tertiary/aromatic N) is 2. The van der Waals surface area contributed by atoms with Gasteiger partial charge in [0.1, 0.15) is 5.82 Å². The smallest absolute Gasteiger partial charge is 0.284 e. The maximum Gasteiger partial charge on any atom is 0.284 e. The molecule has 3 aromatic rings. The summed E-state index contributed by atoms with van der Waals surface area (Å²) in [5.41, 5.74) is 0.441. The number of thioether (sulfide) groups is 1. The van der Waals surface area contributed by atoms with Gasteiger partial charge in [-0.15, -0.1) is 10.2 Å². The van der Waals surface area contributed by atoms with Crippen LogP contribution in [0.1, 0.15) is 0 Å². The molecule has 0 aliphatic heterocycles. The van der Waals surface area contributed by atoms with Crippen LogP contribution in [0.4, 0.5) is 10.1 Å². The summed E-state index contributed by atoms with van der Waals surface area (Å²) in [6, 6.07) is 8.68. The second-order valence-electron chi connectivity index (χ2n) is 4.97. The van der Waals surface area contributed by atoms with Crippen LogP contribution in [0.2, 0.25) is 0 Å². The Kier molecular flexibility index (Phi) is 5.64. The third-order valence-electron chi connectivity index (χ3n) is 3.04. The van der Waals surface area contributed by atoms with Gasteiger partial charge >= 0.3 is 0 Å². The molecule has 2 N–H and O–H groups in total. The minimum absolute atomic E-state index is 0.00359. The Hall–Kier alpha value is -3.14. The molecule has 2 aromatic heterocycles. The van der Waals surface area contributed by atoms with Crippen LogP contribution in [-0.2, 0) is 9.59 Å². The van der Waals surface area contributed by atoms with Gasteiger partial charge in [0.2, 0.25) is 11.8 Å². The SMILES string of the molecule is O=C(CSc1nnc(-c2ccco2)o1)NCC(=O)Nc1ccc(F)cc1. The highest BCUT2D eigenvalue weighted by Crippen LogP contribution is 2.23. The predicted molar refractivity (Wildman–Crippen MR) is 90.8 cm³/mol. The lowest BCUT2D eigenvalue weighted by Crippen LogP contribution is -2.33. The largest absolute Gasteiger partial charge is 0.459 e. The number of hydrogen-bond donors (Lipinski definition) is 2. The fraction of sp³-hybridized carbons (Fsp3) is 0.125. The third-order valence-corrected chi connectivity index (χ3v) is 3.86. The van der Waals surface area contributed by atoms with Gasteiger partial charge in [0.25, 0.3) is 11.1 Å². The summed E-state index contributed by atoms with van der Waals surface area (Å²) < 4.78 is 23.3. The molecule has 26 heavy (non-hydrogen) atoms. The maximum atomic E-state index is 12.8. The van der Waals surface area contributed by atoms with Crippen molar-refractivity contribution in [1.82, 2.24) is 15.5 Å². The lowest BCUT2D eigenvalue weighted by atomic mass is 10.3. The Balaban J connectivity index is 1.40. The standard InChI is InChI=1S/C16H13FN4O4S/c17-10-3-5-11(6-4-10)19-13(22)8-18-14(23)9-26-16-21-20-15(25-16)12-2-1-7-24-12/h1-7H,8-9H2,(H,18,23)(H,19,22). The van der Waals surface area contributed by atoms with Crippen LogP contribution in [0.25, 0.3) is 11.7 Å². The molecule has 134 valence electrons. The minimum Gasteiger partial charge on any atom is -0.459 e. The average molecular weight is 376 g/mol. The number of hydrogen-bond acceptors (Lipinski definition) is 7. The van der Waals surface area contributed by atoms with E-state index in [1.807, 2.05) is 0 Å². The Morgan fingerprint density at radius 1 is 1.12 bits per heavy atom. The normalized spacial score (nSPS) is 10.5. The van der Waals surface area contributed by atoms with E-state index < -0.39 is 11.7 Å². The van der Waals surface area contributed by atoms with Crippen molar-refractivity contribution in [2.24, 2.45) is 0 Å². The van der Waals surface area contributed by atoms with Crippen molar-refractivity contribution in [2.75, 3.05) is 17.6 Å². The topological polar surface area (TPSA) is 110 Å². The summed E-state index contributed by atoms with van der Waals surface area (Å²) in [4.78, 5) is 23.5. The van der Waals surface area contributed by atoms with Crippen molar-refractivity contribution in [3.8, 4) is 11.7 Å². The molecule has 10 heteroatoms. The Bertz CT molecular complexity index is 880. The van der Waals surface area contributed by atoms with E-state index in [1.54, 1.807) is 12.1 Å². The minimum atomic E-state index is -0.423. The Morgan fingerprint density at radius 3 is 2.65 bits per heavy atom. The van der Waals surface area contributed by atoms with Gasteiger partial charge in [0.15, 0.2) is 5.76 Å². The van der Waals surface area contributed by atoms with Crippen LogP contribution < -0.4 is 10.6 Å². The predicted octanol–water partition coefficient (Wildman–Crippen LogP) is 2.32. The van der Waals surface area contributed by atoms with Crippen molar-refractivity contribution < 1.29 is 22.8 Å². The van der Waals surface area contributed by atoms with Crippen LogP contribution in [-0.4, -0.2) is 34.3 Å². The van der Waals surface area contributed by atoms with Gasteiger partial charge in [0, 0.05) is 5.69 Å². The summed E-state index contributed by atoms with van der Waals surface area (Å²) in [7, 11) is 0. The Morgan fingerprint density at radius 2 is 1.92 bits per heavy atom. The number of rotatable bonds is 7. The molecule has 2 heterocycles. The van der Waals surface area contributed by atoms with Crippen LogP contribution in [0.3, 0.4) is 0 Å². The second-order valence-corrected chi connectivity index (χ2v) is 5.90. The molecule has 0 fully saturated rings.